The summed E-state index contributed by atoms with van der Waals surface area (Å²) in [6.45, 7) is 1.38. The van der Waals surface area contributed by atoms with E-state index in [1.165, 1.54) is 0 Å². The molecule has 0 saturated heterocycles. The Bertz CT molecular complexity index is 634. The van der Waals surface area contributed by atoms with Gasteiger partial charge in [0.1, 0.15) is 5.76 Å². The molecule has 0 aliphatic heterocycles. The second-order valence-electron chi connectivity index (χ2n) is 4.03. The van der Waals surface area contributed by atoms with Crippen LogP contribution < -0.4 is 5.32 Å². The lowest BCUT2D eigenvalue weighted by Gasteiger charge is -2.03. The van der Waals surface area contributed by atoms with Crippen molar-refractivity contribution in [1.29, 1.82) is 0 Å². The molecular weight excluding hydrogens is 226 g/mol. The minimum absolute atomic E-state index is 0.679. The third-order valence-electron chi connectivity index (χ3n) is 2.68. The summed E-state index contributed by atoms with van der Waals surface area (Å²) in [6, 6.07) is 11.7. The summed E-state index contributed by atoms with van der Waals surface area (Å²) in [4.78, 5) is 8.91. The maximum Gasteiger partial charge on any atom is 0.117 e. The Morgan fingerprint density at radius 3 is 2.72 bits per heavy atom. The van der Waals surface area contributed by atoms with E-state index in [0.29, 0.717) is 13.1 Å². The third-order valence-corrected chi connectivity index (χ3v) is 2.68. The maximum absolute atomic E-state index is 5.24. The molecule has 3 aromatic rings. The Morgan fingerprint density at radius 2 is 1.89 bits per heavy atom. The van der Waals surface area contributed by atoms with Crippen molar-refractivity contribution in [1.82, 2.24) is 15.3 Å². The standard InChI is InChI=1S/C14H13N3O/c1-2-6-14-13(5-1)16-9-11(17-14)8-15-10-12-4-3-7-18-12/h1-7,9,15H,8,10H2. The van der Waals surface area contributed by atoms with Gasteiger partial charge < -0.3 is 9.73 Å². The molecule has 4 heteroatoms. The largest absolute Gasteiger partial charge is 0.468 e. The number of para-hydroxylation sites is 2. The average Bonchev–Trinajstić information content (AvgIpc) is 2.92. The second-order valence-corrected chi connectivity index (χ2v) is 4.03. The van der Waals surface area contributed by atoms with E-state index in [9.17, 15) is 0 Å². The zero-order chi connectivity index (χ0) is 12.2. The van der Waals surface area contributed by atoms with Gasteiger partial charge in [-0.25, -0.2) is 4.98 Å². The summed E-state index contributed by atoms with van der Waals surface area (Å²) < 4.78 is 5.24. The lowest BCUT2D eigenvalue weighted by Crippen LogP contribution is -2.13. The predicted octanol–water partition coefficient (Wildman–Crippen LogP) is 2.51. The highest BCUT2D eigenvalue weighted by atomic mass is 16.3. The zero-order valence-electron chi connectivity index (χ0n) is 9.84. The van der Waals surface area contributed by atoms with Gasteiger partial charge in [0.05, 0.1) is 35.7 Å². The Balaban J connectivity index is 1.67. The van der Waals surface area contributed by atoms with Gasteiger partial charge >= 0.3 is 0 Å². The number of hydrogen-bond donors (Lipinski definition) is 1. The van der Waals surface area contributed by atoms with Crippen molar-refractivity contribution in [2.45, 2.75) is 13.1 Å². The molecular formula is C14H13N3O. The maximum atomic E-state index is 5.24. The van der Waals surface area contributed by atoms with Crippen LogP contribution in [-0.4, -0.2) is 9.97 Å². The average molecular weight is 239 g/mol. The molecule has 0 spiro atoms. The Labute approximate surface area is 105 Å². The van der Waals surface area contributed by atoms with Crippen molar-refractivity contribution in [3.63, 3.8) is 0 Å². The first-order valence-electron chi connectivity index (χ1n) is 5.85. The SMILES string of the molecule is c1coc(CNCc2cnc3ccccc3n2)c1. The van der Waals surface area contributed by atoms with E-state index in [2.05, 4.69) is 15.3 Å². The molecule has 4 nitrogen and oxygen atoms in total. The summed E-state index contributed by atoms with van der Waals surface area (Å²) in [5.41, 5.74) is 2.78. The Morgan fingerprint density at radius 1 is 1.00 bits per heavy atom. The van der Waals surface area contributed by atoms with Gasteiger partial charge in [-0.2, -0.15) is 0 Å². The van der Waals surface area contributed by atoms with Crippen LogP contribution >= 0.6 is 0 Å². The highest BCUT2D eigenvalue weighted by Crippen LogP contribution is 2.08. The number of aromatic nitrogens is 2. The number of furan rings is 1. The van der Waals surface area contributed by atoms with Gasteiger partial charge in [0, 0.05) is 6.54 Å². The molecule has 0 radical (unpaired) electrons. The summed E-state index contributed by atoms with van der Waals surface area (Å²) >= 11 is 0. The van der Waals surface area contributed by atoms with Gasteiger partial charge in [0.2, 0.25) is 0 Å². The fraction of sp³-hybridized carbons (Fsp3) is 0.143. The Kier molecular flexibility index (Phi) is 3.02. The second kappa shape index (κ2) is 4.98. The van der Waals surface area contributed by atoms with E-state index in [0.717, 1.165) is 22.5 Å². The van der Waals surface area contributed by atoms with Gasteiger partial charge in [-0.1, -0.05) is 12.1 Å². The van der Waals surface area contributed by atoms with E-state index in [1.54, 1.807) is 12.5 Å². The zero-order valence-corrected chi connectivity index (χ0v) is 9.84. The predicted molar refractivity (Wildman–Crippen MR) is 68.8 cm³/mol. The molecule has 0 bridgehead atoms. The van der Waals surface area contributed by atoms with Crippen LogP contribution in [0.1, 0.15) is 11.5 Å². The van der Waals surface area contributed by atoms with E-state index in [4.69, 9.17) is 4.42 Å². The van der Waals surface area contributed by atoms with Crippen molar-refractivity contribution in [3.05, 3.63) is 60.3 Å². The summed E-state index contributed by atoms with van der Waals surface area (Å²) in [5.74, 6) is 0.920. The molecule has 0 saturated carbocycles. The van der Waals surface area contributed by atoms with Crippen LogP contribution in [0, 0.1) is 0 Å². The fourth-order valence-electron chi connectivity index (χ4n) is 1.81. The summed E-state index contributed by atoms with van der Waals surface area (Å²) in [5, 5.41) is 3.27. The molecule has 0 unspecified atom stereocenters. The van der Waals surface area contributed by atoms with Crippen LogP contribution in [0.3, 0.4) is 0 Å². The first-order valence-corrected chi connectivity index (χ1v) is 5.85. The summed E-state index contributed by atoms with van der Waals surface area (Å²) in [6.07, 6.45) is 3.48. The van der Waals surface area contributed by atoms with E-state index in [1.807, 2.05) is 36.4 Å². The molecule has 0 aliphatic carbocycles. The molecule has 0 aliphatic rings. The lowest BCUT2D eigenvalue weighted by atomic mass is 10.3. The first kappa shape index (κ1) is 10.9. The van der Waals surface area contributed by atoms with Crippen LogP contribution in [0.4, 0.5) is 0 Å². The van der Waals surface area contributed by atoms with Gasteiger partial charge in [-0.05, 0) is 24.3 Å². The Hall–Kier alpha value is -2.20. The van der Waals surface area contributed by atoms with Gasteiger partial charge in [0.25, 0.3) is 0 Å². The van der Waals surface area contributed by atoms with Crippen molar-refractivity contribution in [2.24, 2.45) is 0 Å². The van der Waals surface area contributed by atoms with Crippen molar-refractivity contribution >= 4 is 11.0 Å². The van der Waals surface area contributed by atoms with Crippen LogP contribution in [0.25, 0.3) is 11.0 Å². The molecule has 2 aromatic heterocycles. The van der Waals surface area contributed by atoms with E-state index < -0.39 is 0 Å². The molecule has 0 fully saturated rings. The first-order chi connectivity index (χ1) is 8.92. The monoisotopic (exact) mass is 239 g/mol. The van der Waals surface area contributed by atoms with Crippen LogP contribution in [0.5, 0.6) is 0 Å². The highest BCUT2D eigenvalue weighted by molar-refractivity contribution is 5.73. The number of nitrogens with one attached hydrogen (secondary N) is 1. The minimum Gasteiger partial charge on any atom is -0.468 e. The number of hydrogen-bond acceptors (Lipinski definition) is 4. The topological polar surface area (TPSA) is 51.0 Å². The van der Waals surface area contributed by atoms with Crippen LogP contribution in [-0.2, 0) is 13.1 Å². The molecule has 0 amide bonds. The number of nitrogens with zero attached hydrogens (tertiary/aromatic N) is 2. The van der Waals surface area contributed by atoms with E-state index in [-0.39, 0.29) is 0 Å². The van der Waals surface area contributed by atoms with Crippen molar-refractivity contribution < 1.29 is 4.42 Å². The molecule has 18 heavy (non-hydrogen) atoms. The van der Waals surface area contributed by atoms with Gasteiger partial charge in [0.15, 0.2) is 0 Å². The molecule has 90 valence electrons. The molecule has 0 atom stereocenters. The normalized spacial score (nSPS) is 10.9. The minimum atomic E-state index is 0.679. The lowest BCUT2D eigenvalue weighted by molar-refractivity contribution is 0.482. The smallest absolute Gasteiger partial charge is 0.117 e. The van der Waals surface area contributed by atoms with E-state index >= 15 is 0 Å². The quantitative estimate of drug-likeness (QED) is 0.760. The van der Waals surface area contributed by atoms with Crippen LogP contribution in [0.15, 0.2) is 53.3 Å². The molecule has 3 rings (SSSR count). The number of rotatable bonds is 4. The molecule has 1 N–H and O–H groups in total. The number of benzene rings is 1. The van der Waals surface area contributed by atoms with Crippen LogP contribution in [0.2, 0.25) is 0 Å². The fourth-order valence-corrected chi connectivity index (χ4v) is 1.81. The number of fused-ring (bicyclic) bond motifs is 1. The third kappa shape index (κ3) is 2.38. The van der Waals surface area contributed by atoms with Gasteiger partial charge in [-0.3, -0.25) is 4.98 Å². The van der Waals surface area contributed by atoms with Gasteiger partial charge in [-0.15, -0.1) is 0 Å². The van der Waals surface area contributed by atoms with Crippen molar-refractivity contribution in [3.8, 4) is 0 Å². The molecule has 2 heterocycles. The molecule has 1 aromatic carbocycles. The highest BCUT2D eigenvalue weighted by Gasteiger charge is 2.00. The summed E-state index contributed by atoms with van der Waals surface area (Å²) in [7, 11) is 0. The van der Waals surface area contributed by atoms with Crippen molar-refractivity contribution in [2.75, 3.05) is 0 Å².